The van der Waals surface area contributed by atoms with Crippen LogP contribution in [0.25, 0.3) is 0 Å². The lowest BCUT2D eigenvalue weighted by molar-refractivity contribution is -0.105. The summed E-state index contributed by atoms with van der Waals surface area (Å²) in [6.45, 7) is 2.00. The van der Waals surface area contributed by atoms with Gasteiger partial charge in [0.05, 0.1) is 14.2 Å². The zero-order chi connectivity index (χ0) is 21.3. The van der Waals surface area contributed by atoms with Crippen molar-refractivity contribution in [2.24, 2.45) is 9.98 Å². The molecule has 2 aliphatic heterocycles. The number of aliphatic imine (C=N–C) groups is 2. The second-order valence-corrected chi connectivity index (χ2v) is 6.35. The minimum atomic E-state index is -0.243. The first-order valence-electron chi connectivity index (χ1n) is 9.30. The van der Waals surface area contributed by atoms with Crippen molar-refractivity contribution in [1.29, 1.82) is 0 Å². The van der Waals surface area contributed by atoms with Gasteiger partial charge in [-0.3, -0.25) is 4.79 Å². The number of anilines is 1. The van der Waals surface area contributed by atoms with E-state index in [9.17, 15) is 4.79 Å². The van der Waals surface area contributed by atoms with Gasteiger partial charge in [-0.25, -0.2) is 4.99 Å². The highest BCUT2D eigenvalue weighted by atomic mass is 16.5. The molecule has 1 amide bonds. The number of rotatable bonds is 5. The van der Waals surface area contributed by atoms with Crippen molar-refractivity contribution in [3.8, 4) is 11.5 Å². The number of fused-ring (bicyclic) bond motifs is 1. The van der Waals surface area contributed by atoms with Crippen LogP contribution in [0.3, 0.4) is 0 Å². The molecule has 0 bridgehead atoms. The van der Waals surface area contributed by atoms with Crippen LogP contribution in [0, 0.1) is 6.92 Å². The number of amides is 1. The molecule has 2 aliphatic rings. The Morgan fingerprint density at radius 3 is 2.73 bits per heavy atom. The number of nitrogens with one attached hydrogen (secondary N) is 1. The van der Waals surface area contributed by atoms with Crippen molar-refractivity contribution in [3.05, 3.63) is 78.0 Å². The van der Waals surface area contributed by atoms with Crippen molar-refractivity contribution >= 4 is 23.8 Å². The maximum atomic E-state index is 10.4. The monoisotopic (exact) mass is 405 g/mol. The Morgan fingerprint density at radius 2 is 1.97 bits per heavy atom. The number of ether oxygens (including phenoxy) is 3. The number of benzene rings is 2. The molecule has 1 unspecified atom stereocenters. The van der Waals surface area contributed by atoms with Crippen LogP contribution in [0.2, 0.25) is 0 Å². The Morgan fingerprint density at radius 1 is 1.10 bits per heavy atom. The van der Waals surface area contributed by atoms with Crippen molar-refractivity contribution in [2.45, 2.75) is 13.0 Å². The van der Waals surface area contributed by atoms with Crippen LogP contribution in [-0.4, -0.2) is 38.5 Å². The molecule has 0 aliphatic carbocycles. The quantitative estimate of drug-likeness (QED) is 0.765. The first-order chi connectivity index (χ1) is 14.6. The number of hydrogen-bond donors (Lipinski definition) is 1. The number of methoxy groups -OCH3 is 2. The van der Waals surface area contributed by atoms with Crippen LogP contribution in [0.5, 0.6) is 11.5 Å². The van der Waals surface area contributed by atoms with E-state index in [0.717, 1.165) is 22.6 Å². The molecular formula is C23H23N3O4. The number of hydrogen-bond acceptors (Lipinski definition) is 6. The molecule has 7 nitrogen and oxygen atoms in total. The lowest BCUT2D eigenvalue weighted by Crippen LogP contribution is -2.14. The molecule has 4 rings (SSSR count). The van der Waals surface area contributed by atoms with Gasteiger partial charge in [0.1, 0.15) is 11.5 Å². The van der Waals surface area contributed by atoms with Gasteiger partial charge in [-0.15, -0.1) is 0 Å². The molecule has 2 aromatic carbocycles. The van der Waals surface area contributed by atoms with E-state index in [2.05, 4.69) is 15.3 Å². The Bertz CT molecular complexity index is 1020. The summed E-state index contributed by atoms with van der Waals surface area (Å²) in [5.41, 5.74) is 2.62. The molecule has 2 heterocycles. The van der Waals surface area contributed by atoms with Crippen molar-refractivity contribution < 1.29 is 19.0 Å². The van der Waals surface area contributed by atoms with Crippen LogP contribution in [0.1, 0.15) is 11.1 Å². The van der Waals surface area contributed by atoms with E-state index in [1.165, 1.54) is 0 Å². The van der Waals surface area contributed by atoms with Crippen LogP contribution in [-0.2, 0) is 9.53 Å². The Balaban J connectivity index is 0.000000199. The largest absolute Gasteiger partial charge is 0.497 e. The summed E-state index contributed by atoms with van der Waals surface area (Å²) in [5, 5.41) is 2.60. The third-order valence-electron chi connectivity index (χ3n) is 4.35. The third kappa shape index (κ3) is 5.14. The molecule has 2 aromatic rings. The molecule has 30 heavy (non-hydrogen) atoms. The smallest absolute Gasteiger partial charge is 0.223 e. The fraction of sp³-hybridized carbons (Fsp3) is 0.174. The molecule has 0 spiro atoms. The summed E-state index contributed by atoms with van der Waals surface area (Å²) in [5.74, 6) is 2.84. The van der Waals surface area contributed by atoms with Gasteiger partial charge >= 0.3 is 0 Å². The molecule has 0 saturated carbocycles. The number of amidine groups is 1. The maximum Gasteiger partial charge on any atom is 0.223 e. The van der Waals surface area contributed by atoms with E-state index in [-0.39, 0.29) is 6.10 Å². The lowest BCUT2D eigenvalue weighted by atomic mass is 10.2. The number of carbonyl (C=O) groups is 1. The lowest BCUT2D eigenvalue weighted by Gasteiger charge is -2.07. The van der Waals surface area contributed by atoms with E-state index >= 15 is 0 Å². The summed E-state index contributed by atoms with van der Waals surface area (Å²) in [4.78, 5) is 19.0. The molecule has 0 fully saturated rings. The Hall–Kier alpha value is -3.87. The average molecular weight is 405 g/mol. The molecule has 154 valence electrons. The summed E-state index contributed by atoms with van der Waals surface area (Å²) >= 11 is 0. The zero-order valence-electron chi connectivity index (χ0n) is 17.0. The van der Waals surface area contributed by atoms with Gasteiger partial charge in [-0.2, -0.15) is 4.99 Å². The molecule has 0 radical (unpaired) electrons. The van der Waals surface area contributed by atoms with E-state index in [1.54, 1.807) is 32.6 Å². The molecule has 1 atom stereocenters. The van der Waals surface area contributed by atoms with E-state index in [1.807, 2.05) is 55.5 Å². The van der Waals surface area contributed by atoms with Gasteiger partial charge in [-0.05, 0) is 48.9 Å². The fourth-order valence-electron chi connectivity index (χ4n) is 2.80. The Labute approximate surface area is 175 Å². The summed E-state index contributed by atoms with van der Waals surface area (Å²) in [6, 6.07) is 13.1. The normalized spacial score (nSPS) is 16.0. The van der Waals surface area contributed by atoms with Crippen LogP contribution < -0.4 is 14.8 Å². The van der Waals surface area contributed by atoms with Crippen LogP contribution >= 0.6 is 0 Å². The van der Waals surface area contributed by atoms with Gasteiger partial charge in [-0.1, -0.05) is 18.2 Å². The molecule has 1 N–H and O–H groups in total. The molecule has 0 saturated heterocycles. The number of carbonyl (C=O) groups excluding carboxylic acids is 1. The second-order valence-electron chi connectivity index (χ2n) is 6.35. The minimum absolute atomic E-state index is 0.243. The number of aryl methyl sites for hydroxylation is 1. The van der Waals surface area contributed by atoms with E-state index < -0.39 is 0 Å². The summed E-state index contributed by atoms with van der Waals surface area (Å²) in [6.07, 6.45) is 7.69. The predicted octanol–water partition coefficient (Wildman–Crippen LogP) is 3.89. The first-order valence-corrected chi connectivity index (χ1v) is 9.30. The van der Waals surface area contributed by atoms with Crippen molar-refractivity contribution in [2.75, 3.05) is 19.5 Å². The standard InChI is InChI=1S/C14H11N3O2.C9H12O2/c18-9-16-11-5-3-4-10(8-11)14-17-13-12(19-14)6-1-2-7-15-13;1-7-4-5-8(10-2)6-9(7)11-3/h1-9,12H,(H,16,18);4-6H,1-3H3. The van der Waals surface area contributed by atoms with E-state index in [0.29, 0.717) is 23.8 Å². The van der Waals surface area contributed by atoms with Gasteiger partial charge in [0.15, 0.2) is 11.9 Å². The zero-order valence-corrected chi connectivity index (χ0v) is 17.0. The third-order valence-corrected chi connectivity index (χ3v) is 4.35. The van der Waals surface area contributed by atoms with Crippen molar-refractivity contribution in [1.82, 2.24) is 0 Å². The van der Waals surface area contributed by atoms with Gasteiger partial charge in [0, 0.05) is 23.5 Å². The molecule has 0 aromatic heterocycles. The number of allylic oxidation sites excluding steroid dienone is 2. The van der Waals surface area contributed by atoms with Crippen molar-refractivity contribution in [3.63, 3.8) is 0 Å². The van der Waals surface area contributed by atoms with Gasteiger partial charge < -0.3 is 19.5 Å². The number of nitrogens with zero attached hydrogens (tertiary/aromatic N) is 2. The highest BCUT2D eigenvalue weighted by molar-refractivity contribution is 6.10. The summed E-state index contributed by atoms with van der Waals surface area (Å²) in [7, 11) is 3.30. The molecule has 7 heteroatoms. The SMILES string of the molecule is COc1ccc(C)c(OC)c1.O=CNc1cccc(C2=NC3=NC=CC=CC3O2)c1. The second kappa shape index (κ2) is 10.1. The van der Waals surface area contributed by atoms with E-state index in [4.69, 9.17) is 14.2 Å². The average Bonchev–Trinajstić information content (AvgIpc) is 3.05. The van der Waals surface area contributed by atoms with Gasteiger partial charge in [0.2, 0.25) is 12.3 Å². The summed E-state index contributed by atoms with van der Waals surface area (Å²) < 4.78 is 15.9. The van der Waals surface area contributed by atoms with Crippen LogP contribution in [0.15, 0.2) is 76.9 Å². The fourth-order valence-corrected chi connectivity index (χ4v) is 2.80. The highest BCUT2D eigenvalue weighted by Crippen LogP contribution is 2.23. The minimum Gasteiger partial charge on any atom is -0.497 e. The highest BCUT2D eigenvalue weighted by Gasteiger charge is 2.25. The Kier molecular flexibility index (Phi) is 7.00. The predicted molar refractivity (Wildman–Crippen MR) is 118 cm³/mol. The topological polar surface area (TPSA) is 81.5 Å². The molecular weight excluding hydrogens is 382 g/mol. The van der Waals surface area contributed by atoms with Gasteiger partial charge in [0.25, 0.3) is 0 Å². The van der Waals surface area contributed by atoms with Crippen LogP contribution in [0.4, 0.5) is 5.69 Å². The first kappa shape index (κ1) is 20.9. The maximum absolute atomic E-state index is 10.4.